The van der Waals surface area contributed by atoms with Gasteiger partial charge in [0.05, 0.1) is 16.7 Å². The maximum atomic E-state index is 7.06. The van der Waals surface area contributed by atoms with Crippen LogP contribution in [0.2, 0.25) is 0 Å². The van der Waals surface area contributed by atoms with Crippen molar-refractivity contribution in [3.63, 3.8) is 0 Å². The molecule has 1 aliphatic rings. The Hall–Kier alpha value is -7.88. The summed E-state index contributed by atoms with van der Waals surface area (Å²) in [6.07, 6.45) is 0. The summed E-state index contributed by atoms with van der Waals surface area (Å²) in [6.45, 7) is 8.99. The smallest absolute Gasteiger partial charge is 0.159 e. The van der Waals surface area contributed by atoms with Crippen molar-refractivity contribution in [1.82, 2.24) is 4.57 Å². The van der Waals surface area contributed by atoms with Gasteiger partial charge in [-0.3, -0.25) is 0 Å². The normalized spacial score (nSPS) is 12.4. The Kier molecular flexibility index (Phi) is 7.78. The molecule has 0 aliphatic heterocycles. The molecule has 64 heavy (non-hydrogen) atoms. The first kappa shape index (κ1) is 36.7. The second kappa shape index (κ2) is 13.6. The number of anilines is 3. The summed E-state index contributed by atoms with van der Waals surface area (Å²) in [4.78, 5) is 2.42. The molecule has 3 heteroatoms. The van der Waals surface area contributed by atoms with Crippen molar-refractivity contribution in [2.24, 2.45) is 0 Å². The van der Waals surface area contributed by atoms with Crippen molar-refractivity contribution in [1.29, 1.82) is 0 Å². The molecule has 0 fully saturated rings. The lowest BCUT2D eigenvalue weighted by Crippen LogP contribution is -2.12. The third kappa shape index (κ3) is 5.47. The van der Waals surface area contributed by atoms with E-state index in [1.807, 2.05) is 0 Å². The molecular weight excluding hydrogens is 777 g/mol. The molecule has 0 radical (unpaired) electrons. The van der Waals surface area contributed by atoms with E-state index in [1.54, 1.807) is 0 Å². The molecule has 1 aliphatic carbocycles. The lowest BCUT2D eigenvalue weighted by atomic mass is 9.78. The molecule has 2 aromatic heterocycles. The second-order valence-corrected chi connectivity index (χ2v) is 18.6. The number of aromatic nitrogens is 1. The Bertz CT molecular complexity index is 3840. The fourth-order valence-electron chi connectivity index (χ4n) is 10.5. The van der Waals surface area contributed by atoms with Gasteiger partial charge in [0.1, 0.15) is 5.58 Å². The van der Waals surface area contributed by atoms with Crippen molar-refractivity contribution in [2.75, 3.05) is 4.90 Å². The molecule has 12 aromatic rings. The quantitative estimate of drug-likeness (QED) is 0.172. The van der Waals surface area contributed by atoms with Crippen molar-refractivity contribution in [2.45, 2.75) is 33.1 Å². The Labute approximate surface area is 372 Å². The van der Waals surface area contributed by atoms with Crippen molar-refractivity contribution in [3.05, 3.63) is 205 Å². The van der Waals surface area contributed by atoms with Gasteiger partial charge in [-0.25, -0.2) is 0 Å². The fraction of sp³-hybridized carbons (Fsp3) is 0.0820. The number of fused-ring (bicyclic) bond motifs is 12. The SMILES string of the molecule is Cc1ccc(-c2ccccc2)cc1N(c1ccc2cc3c(cc2c1)-c1cc2cc(-n4c5ccccc5c5ccccc54)ccc2cc1-3)c1cccc2c1oc1c(C(C)(C)C)cccc12. The summed E-state index contributed by atoms with van der Waals surface area (Å²) in [5.41, 5.74) is 18.6. The van der Waals surface area contributed by atoms with Crippen LogP contribution >= 0.6 is 0 Å². The summed E-state index contributed by atoms with van der Waals surface area (Å²) in [5.74, 6) is 0. The number of hydrogen-bond donors (Lipinski definition) is 0. The predicted octanol–water partition coefficient (Wildman–Crippen LogP) is 17.4. The minimum atomic E-state index is -0.0761. The van der Waals surface area contributed by atoms with E-state index in [2.05, 4.69) is 231 Å². The molecule has 3 nitrogen and oxygen atoms in total. The first-order chi connectivity index (χ1) is 31.3. The van der Waals surface area contributed by atoms with E-state index in [9.17, 15) is 0 Å². The maximum Gasteiger partial charge on any atom is 0.159 e. The number of aryl methyl sites for hydroxylation is 1. The standard InChI is InChI=1S/C61H44N2O/c1-37-24-25-41(38-14-6-5-7-15-38)36-58(37)63(57-23-13-19-49-48-18-12-20-54(61(2,3)4)59(48)64-60(49)57)45-29-27-40-33-51-50-32-39-26-28-44(30-42(39)34-52(50)53(51)35-43(40)31-45)62-55-21-10-8-16-46(55)47-17-9-11-22-56(47)62/h5-36H,1-4H3. The number of furan rings is 1. The van der Waals surface area contributed by atoms with Gasteiger partial charge in [-0.2, -0.15) is 0 Å². The summed E-state index contributed by atoms with van der Waals surface area (Å²) in [6, 6.07) is 71.6. The highest BCUT2D eigenvalue weighted by atomic mass is 16.3. The van der Waals surface area contributed by atoms with Crippen LogP contribution in [0.1, 0.15) is 31.9 Å². The highest BCUT2D eigenvalue weighted by molar-refractivity contribution is 6.14. The van der Waals surface area contributed by atoms with Crippen LogP contribution in [0.15, 0.2) is 199 Å². The Morgan fingerprint density at radius 2 is 1.00 bits per heavy atom. The minimum absolute atomic E-state index is 0.0761. The summed E-state index contributed by atoms with van der Waals surface area (Å²) in [5, 5.41) is 9.73. The topological polar surface area (TPSA) is 21.3 Å². The van der Waals surface area contributed by atoms with Gasteiger partial charge >= 0.3 is 0 Å². The van der Waals surface area contributed by atoms with Crippen LogP contribution in [0, 0.1) is 6.92 Å². The average Bonchev–Trinajstić information content (AvgIpc) is 3.87. The number of benzene rings is 10. The Balaban J connectivity index is 0.971. The number of hydrogen-bond acceptors (Lipinski definition) is 2. The highest BCUT2D eigenvalue weighted by Crippen LogP contribution is 2.52. The first-order valence-corrected chi connectivity index (χ1v) is 22.3. The van der Waals surface area contributed by atoms with E-state index in [0.29, 0.717) is 0 Å². The maximum absolute atomic E-state index is 7.06. The lowest BCUT2D eigenvalue weighted by Gasteiger charge is -2.29. The van der Waals surface area contributed by atoms with Crippen molar-refractivity contribution in [3.8, 4) is 39.1 Å². The van der Waals surface area contributed by atoms with E-state index < -0.39 is 0 Å². The van der Waals surface area contributed by atoms with Crippen LogP contribution < -0.4 is 4.90 Å². The van der Waals surface area contributed by atoms with Crippen molar-refractivity contribution < 1.29 is 4.42 Å². The van der Waals surface area contributed by atoms with Gasteiger partial charge in [0.15, 0.2) is 5.58 Å². The van der Waals surface area contributed by atoms with Gasteiger partial charge < -0.3 is 13.9 Å². The number of rotatable bonds is 5. The third-order valence-corrected chi connectivity index (χ3v) is 13.7. The molecule has 0 bridgehead atoms. The molecule has 10 aromatic carbocycles. The van der Waals surface area contributed by atoms with Gasteiger partial charge in [0.2, 0.25) is 0 Å². The van der Waals surface area contributed by atoms with Gasteiger partial charge in [0.25, 0.3) is 0 Å². The van der Waals surface area contributed by atoms with Crippen LogP contribution in [-0.2, 0) is 5.41 Å². The summed E-state index contributed by atoms with van der Waals surface area (Å²) < 4.78 is 9.46. The van der Waals surface area contributed by atoms with Crippen LogP contribution in [0.3, 0.4) is 0 Å². The zero-order valence-corrected chi connectivity index (χ0v) is 36.3. The summed E-state index contributed by atoms with van der Waals surface area (Å²) >= 11 is 0. The molecular formula is C61H44N2O. The van der Waals surface area contributed by atoms with Crippen LogP contribution in [-0.4, -0.2) is 4.57 Å². The molecule has 0 atom stereocenters. The highest BCUT2D eigenvalue weighted by Gasteiger charge is 2.27. The van der Waals surface area contributed by atoms with Crippen LogP contribution in [0.5, 0.6) is 0 Å². The van der Waals surface area contributed by atoms with E-state index in [-0.39, 0.29) is 5.41 Å². The molecule has 0 N–H and O–H groups in total. The van der Waals surface area contributed by atoms with Crippen LogP contribution in [0.4, 0.5) is 17.1 Å². The molecule has 0 unspecified atom stereocenters. The summed E-state index contributed by atoms with van der Waals surface area (Å²) in [7, 11) is 0. The molecule has 304 valence electrons. The van der Waals surface area contributed by atoms with Gasteiger partial charge in [0, 0.05) is 44.2 Å². The molecule has 2 heterocycles. The van der Waals surface area contributed by atoms with Gasteiger partial charge in [-0.1, -0.05) is 142 Å². The van der Waals surface area contributed by atoms with Gasteiger partial charge in [-0.15, -0.1) is 0 Å². The van der Waals surface area contributed by atoms with E-state index >= 15 is 0 Å². The minimum Gasteiger partial charge on any atom is -0.454 e. The van der Waals surface area contributed by atoms with E-state index in [0.717, 1.165) is 39.0 Å². The monoisotopic (exact) mass is 820 g/mol. The van der Waals surface area contributed by atoms with E-state index in [4.69, 9.17) is 4.42 Å². The molecule has 0 amide bonds. The third-order valence-electron chi connectivity index (χ3n) is 13.7. The number of nitrogens with zero attached hydrogens (tertiary/aromatic N) is 2. The first-order valence-electron chi connectivity index (χ1n) is 22.3. The molecule has 0 spiro atoms. The molecule has 0 saturated heterocycles. The second-order valence-electron chi connectivity index (χ2n) is 18.6. The van der Waals surface area contributed by atoms with Crippen LogP contribution in [0.25, 0.3) is 104 Å². The fourth-order valence-corrected chi connectivity index (χ4v) is 10.5. The lowest BCUT2D eigenvalue weighted by molar-refractivity contribution is 0.573. The van der Waals surface area contributed by atoms with E-state index in [1.165, 1.54) is 93.5 Å². The Morgan fingerprint density at radius 3 is 1.69 bits per heavy atom. The zero-order valence-electron chi connectivity index (χ0n) is 36.3. The zero-order chi connectivity index (χ0) is 42.8. The van der Waals surface area contributed by atoms with Crippen molar-refractivity contribution >= 4 is 82.4 Å². The van der Waals surface area contributed by atoms with Gasteiger partial charge in [-0.05, 0) is 146 Å². The Morgan fingerprint density at radius 1 is 0.422 bits per heavy atom. The molecule has 13 rings (SSSR count). The predicted molar refractivity (Wildman–Crippen MR) is 271 cm³/mol. The number of para-hydroxylation sites is 4. The largest absolute Gasteiger partial charge is 0.454 e. The average molecular weight is 821 g/mol. The molecule has 0 saturated carbocycles.